The minimum Gasteiger partial charge on any atom is -0.265 e. The molecule has 1 amide bonds. The van der Waals surface area contributed by atoms with E-state index in [2.05, 4.69) is 20.0 Å². The molecule has 2 heterocycles. The van der Waals surface area contributed by atoms with Crippen LogP contribution in [0.4, 0.5) is 0 Å². The van der Waals surface area contributed by atoms with E-state index in [0.29, 0.717) is 5.84 Å². The Morgan fingerprint density at radius 1 is 1.20 bits per heavy atom. The SMILES string of the molecule is O=C1N=CN=C2N=CN=C12.[H+]. The number of nitrogens with zero attached hydrogens (tertiary/aromatic N) is 4. The molecule has 10 heavy (non-hydrogen) atoms. The highest BCUT2D eigenvalue weighted by Crippen LogP contribution is 1.99. The Labute approximate surface area is 57.4 Å². The van der Waals surface area contributed by atoms with Crippen molar-refractivity contribution < 1.29 is 6.22 Å². The fourth-order valence-electron chi connectivity index (χ4n) is 0.703. The Bertz CT molecular complexity index is 308. The van der Waals surface area contributed by atoms with Crippen LogP contribution in [0.1, 0.15) is 1.43 Å². The van der Waals surface area contributed by atoms with Crippen molar-refractivity contribution >= 4 is 30.1 Å². The van der Waals surface area contributed by atoms with Crippen LogP contribution in [0.3, 0.4) is 0 Å². The minimum atomic E-state index is -0.373. The monoisotopic (exact) mass is 135 g/mol. The highest BCUT2D eigenvalue weighted by atomic mass is 16.1. The quantitative estimate of drug-likeness (QED) is 0.443. The molecule has 2 aliphatic rings. The van der Waals surface area contributed by atoms with Crippen molar-refractivity contribution in [3.8, 4) is 0 Å². The van der Waals surface area contributed by atoms with E-state index >= 15 is 0 Å². The summed E-state index contributed by atoms with van der Waals surface area (Å²) in [5.41, 5.74) is 0.238. The number of aliphatic imine (C=N–C) groups is 4. The van der Waals surface area contributed by atoms with Crippen molar-refractivity contribution in [3.63, 3.8) is 0 Å². The Hall–Kier alpha value is -1.65. The predicted molar refractivity (Wildman–Crippen MR) is 38.0 cm³/mol. The van der Waals surface area contributed by atoms with Crippen molar-refractivity contribution in [1.29, 1.82) is 0 Å². The van der Waals surface area contributed by atoms with Gasteiger partial charge in [0.15, 0.2) is 11.5 Å². The first-order valence-corrected chi connectivity index (χ1v) is 2.63. The van der Waals surface area contributed by atoms with E-state index in [1.165, 1.54) is 12.7 Å². The number of carbonyl (C=O) groups is 1. The molecule has 0 bridgehead atoms. The van der Waals surface area contributed by atoms with Gasteiger partial charge in [-0.05, 0) is 0 Å². The zero-order chi connectivity index (χ0) is 6.97. The van der Waals surface area contributed by atoms with Crippen LogP contribution in [0, 0.1) is 0 Å². The van der Waals surface area contributed by atoms with E-state index in [1.807, 2.05) is 0 Å². The topological polar surface area (TPSA) is 66.5 Å². The van der Waals surface area contributed by atoms with Gasteiger partial charge < -0.3 is 0 Å². The molecule has 0 aromatic carbocycles. The molecule has 0 atom stereocenters. The summed E-state index contributed by atoms with van der Waals surface area (Å²) in [4.78, 5) is 25.3. The Balaban J connectivity index is 0.000000605. The van der Waals surface area contributed by atoms with Gasteiger partial charge in [0.1, 0.15) is 12.7 Å². The first-order chi connectivity index (χ1) is 4.88. The highest BCUT2D eigenvalue weighted by Gasteiger charge is 2.21. The lowest BCUT2D eigenvalue weighted by atomic mass is 10.3. The summed E-state index contributed by atoms with van der Waals surface area (Å²) in [6.07, 6.45) is 2.47. The highest BCUT2D eigenvalue weighted by molar-refractivity contribution is 6.70. The molecule has 0 fully saturated rings. The van der Waals surface area contributed by atoms with Gasteiger partial charge in [0, 0.05) is 0 Å². The second kappa shape index (κ2) is 1.66. The van der Waals surface area contributed by atoms with Crippen LogP contribution in [0.15, 0.2) is 20.0 Å². The van der Waals surface area contributed by atoms with E-state index in [-0.39, 0.29) is 13.0 Å². The standard InChI is InChI=1S/C5H2N4O/c10-5-3-4(7-1-6-3)8-2-9-5/h1-2H/p+1. The van der Waals surface area contributed by atoms with Crippen LogP contribution >= 0.6 is 0 Å². The fraction of sp³-hybridized carbons (Fsp3) is 0. The van der Waals surface area contributed by atoms with Gasteiger partial charge in [-0.3, -0.25) is 4.79 Å². The van der Waals surface area contributed by atoms with E-state index in [4.69, 9.17) is 0 Å². The first kappa shape index (κ1) is 5.16. The molecule has 48 valence electrons. The summed E-state index contributed by atoms with van der Waals surface area (Å²) in [6.45, 7) is 0. The van der Waals surface area contributed by atoms with E-state index in [9.17, 15) is 4.79 Å². The summed E-state index contributed by atoms with van der Waals surface area (Å²) in [5.74, 6) is -0.0116. The molecule has 0 N–H and O–H groups in total. The molecule has 0 radical (unpaired) electrons. The van der Waals surface area contributed by atoms with Crippen molar-refractivity contribution in [1.82, 2.24) is 0 Å². The maximum absolute atomic E-state index is 10.8. The van der Waals surface area contributed by atoms with Gasteiger partial charge in [0.05, 0.1) is 0 Å². The Kier molecular flexibility index (Phi) is 0.858. The molecule has 0 saturated heterocycles. The molecular formula is C5H3N4O+. The molecule has 5 nitrogen and oxygen atoms in total. The minimum absolute atomic E-state index is 0. The second-order valence-electron chi connectivity index (χ2n) is 1.72. The summed E-state index contributed by atoms with van der Waals surface area (Å²) >= 11 is 0. The third kappa shape index (κ3) is 0.540. The molecule has 0 unspecified atom stereocenters. The predicted octanol–water partition coefficient (Wildman–Crippen LogP) is -0.451. The Morgan fingerprint density at radius 2 is 2.00 bits per heavy atom. The average Bonchev–Trinajstić information content (AvgIpc) is 2.36. The van der Waals surface area contributed by atoms with Crippen molar-refractivity contribution in [2.24, 2.45) is 20.0 Å². The average molecular weight is 135 g/mol. The molecular weight excluding hydrogens is 132 g/mol. The number of amidine groups is 1. The molecule has 0 aromatic rings. The first-order valence-electron chi connectivity index (χ1n) is 2.63. The zero-order valence-electron chi connectivity index (χ0n) is 5.85. The third-order valence-corrected chi connectivity index (χ3v) is 1.14. The summed E-state index contributed by atoms with van der Waals surface area (Å²) < 4.78 is 0. The van der Waals surface area contributed by atoms with Gasteiger partial charge in [-0.15, -0.1) is 0 Å². The summed E-state index contributed by atoms with van der Waals surface area (Å²) in [5, 5.41) is 0. The summed E-state index contributed by atoms with van der Waals surface area (Å²) in [7, 11) is 0. The van der Waals surface area contributed by atoms with E-state index in [0.717, 1.165) is 0 Å². The van der Waals surface area contributed by atoms with Crippen molar-refractivity contribution in [3.05, 3.63) is 0 Å². The van der Waals surface area contributed by atoms with Crippen LogP contribution in [0.2, 0.25) is 0 Å². The number of rotatable bonds is 0. The molecule has 2 aliphatic heterocycles. The third-order valence-electron chi connectivity index (χ3n) is 1.14. The number of hydrogen-bond donors (Lipinski definition) is 0. The largest absolute Gasteiger partial charge is 1.00 e. The lowest BCUT2D eigenvalue weighted by molar-refractivity contribution is -0.111. The fourth-order valence-corrected chi connectivity index (χ4v) is 0.703. The van der Waals surface area contributed by atoms with Gasteiger partial charge in [-0.25, -0.2) is 15.0 Å². The number of amides is 1. The van der Waals surface area contributed by atoms with Crippen LogP contribution in [0.5, 0.6) is 0 Å². The lowest BCUT2D eigenvalue weighted by Gasteiger charge is -1.96. The normalized spacial score (nSPS) is 20.6. The number of carbonyl (C=O) groups excluding carboxylic acids is 1. The van der Waals surface area contributed by atoms with Crippen molar-refractivity contribution in [2.45, 2.75) is 0 Å². The van der Waals surface area contributed by atoms with E-state index in [1.54, 1.807) is 0 Å². The van der Waals surface area contributed by atoms with Crippen LogP contribution in [-0.4, -0.2) is 30.1 Å². The smallest absolute Gasteiger partial charge is 0.265 e. The van der Waals surface area contributed by atoms with Crippen LogP contribution < -0.4 is 0 Å². The van der Waals surface area contributed by atoms with Gasteiger partial charge in [-0.1, -0.05) is 0 Å². The maximum atomic E-state index is 10.8. The Morgan fingerprint density at radius 3 is 2.80 bits per heavy atom. The molecule has 2 rings (SSSR count). The molecule has 0 aromatic heterocycles. The summed E-state index contributed by atoms with van der Waals surface area (Å²) in [6, 6.07) is 0. The number of fused-ring (bicyclic) bond motifs is 1. The second-order valence-corrected chi connectivity index (χ2v) is 1.72. The number of hydrogen-bond acceptors (Lipinski definition) is 4. The van der Waals surface area contributed by atoms with Gasteiger partial charge >= 0.3 is 7.33 Å². The molecule has 5 heteroatoms. The molecule has 0 spiro atoms. The molecule has 0 aliphatic carbocycles. The zero-order valence-corrected chi connectivity index (χ0v) is 4.85. The van der Waals surface area contributed by atoms with Gasteiger partial charge in [-0.2, -0.15) is 4.99 Å². The van der Waals surface area contributed by atoms with Crippen LogP contribution in [-0.2, 0) is 4.79 Å². The maximum Gasteiger partial charge on any atom is 1.00 e. The van der Waals surface area contributed by atoms with E-state index < -0.39 is 0 Å². The van der Waals surface area contributed by atoms with Crippen LogP contribution in [0.25, 0.3) is 0 Å². The van der Waals surface area contributed by atoms with Gasteiger partial charge in [0.2, 0.25) is 0 Å². The molecule has 0 saturated carbocycles. The lowest BCUT2D eigenvalue weighted by Crippen LogP contribution is -2.21. The van der Waals surface area contributed by atoms with Gasteiger partial charge in [0.25, 0.3) is 0 Å². The van der Waals surface area contributed by atoms with Crippen molar-refractivity contribution in [2.75, 3.05) is 0 Å².